The number of amides is 1. The third-order valence-electron chi connectivity index (χ3n) is 3.55. The highest BCUT2D eigenvalue weighted by Crippen LogP contribution is 2.37. The Balaban J connectivity index is 1.67. The van der Waals surface area contributed by atoms with Crippen LogP contribution in [0.15, 0.2) is 16.0 Å². The zero-order chi connectivity index (χ0) is 14.7. The molecule has 6 heteroatoms. The Kier molecular flexibility index (Phi) is 4.36. The summed E-state index contributed by atoms with van der Waals surface area (Å²) >= 11 is 1.73. The van der Waals surface area contributed by atoms with Gasteiger partial charge in [-0.25, -0.2) is 0 Å². The van der Waals surface area contributed by atoms with E-state index in [-0.39, 0.29) is 5.91 Å². The largest absolute Gasteiger partial charge is 0.382 e. The highest BCUT2D eigenvalue weighted by atomic mass is 32.1. The van der Waals surface area contributed by atoms with E-state index in [0.717, 1.165) is 36.1 Å². The first-order valence-corrected chi connectivity index (χ1v) is 8.10. The Hall–Kier alpha value is -1.66. The van der Waals surface area contributed by atoms with Crippen LogP contribution >= 0.6 is 11.3 Å². The standard InChI is InChI=1S/C15H18N2O3S/c1-2-19-8-3-7-16-15(18)13-11-4-5-12-10(6-9-21-12)14(11)20-17-13/h6,9H,2-5,7-8H2,1H3,(H,16,18). The SMILES string of the molecule is CCOCCCNC(=O)c1noc2c1CCc1sccc1-2. The van der Waals surface area contributed by atoms with Crippen LogP contribution in [0.4, 0.5) is 0 Å². The number of hydrogen-bond donors (Lipinski definition) is 1. The fourth-order valence-corrected chi connectivity index (χ4v) is 3.39. The predicted octanol–water partition coefficient (Wildman–Crippen LogP) is 2.66. The summed E-state index contributed by atoms with van der Waals surface area (Å²) in [4.78, 5) is 13.5. The summed E-state index contributed by atoms with van der Waals surface area (Å²) in [6.45, 7) is 3.91. The number of ether oxygens (including phenoxy) is 1. The van der Waals surface area contributed by atoms with Crippen molar-refractivity contribution in [1.82, 2.24) is 10.5 Å². The number of carbonyl (C=O) groups is 1. The molecule has 1 N–H and O–H groups in total. The molecule has 1 aliphatic carbocycles. The van der Waals surface area contributed by atoms with Gasteiger partial charge in [-0.05, 0) is 37.6 Å². The number of thiophene rings is 1. The highest BCUT2D eigenvalue weighted by Gasteiger charge is 2.27. The summed E-state index contributed by atoms with van der Waals surface area (Å²) in [7, 11) is 0. The van der Waals surface area contributed by atoms with Crippen LogP contribution in [0.3, 0.4) is 0 Å². The van der Waals surface area contributed by atoms with Gasteiger partial charge in [-0.3, -0.25) is 4.79 Å². The van der Waals surface area contributed by atoms with Crippen LogP contribution in [0, 0.1) is 0 Å². The summed E-state index contributed by atoms with van der Waals surface area (Å²) in [5.41, 5.74) is 2.45. The van der Waals surface area contributed by atoms with Gasteiger partial charge in [0, 0.05) is 35.8 Å². The van der Waals surface area contributed by atoms with Gasteiger partial charge < -0.3 is 14.6 Å². The van der Waals surface area contributed by atoms with E-state index in [0.29, 0.717) is 25.5 Å². The van der Waals surface area contributed by atoms with Gasteiger partial charge in [-0.15, -0.1) is 11.3 Å². The Bertz CT molecular complexity index is 633. The molecular formula is C15H18N2O3S. The third kappa shape index (κ3) is 2.87. The second kappa shape index (κ2) is 6.41. The van der Waals surface area contributed by atoms with Crippen LogP contribution in [-0.2, 0) is 17.6 Å². The lowest BCUT2D eigenvalue weighted by Crippen LogP contribution is -2.26. The Labute approximate surface area is 127 Å². The number of aryl methyl sites for hydroxylation is 1. The zero-order valence-electron chi connectivity index (χ0n) is 12.0. The molecule has 3 rings (SSSR count). The number of nitrogens with zero attached hydrogens (tertiary/aromatic N) is 1. The average molecular weight is 306 g/mol. The van der Waals surface area contributed by atoms with Gasteiger partial charge in [0.25, 0.3) is 5.91 Å². The summed E-state index contributed by atoms with van der Waals surface area (Å²) in [5.74, 6) is 0.604. The molecule has 0 radical (unpaired) electrons. The van der Waals surface area contributed by atoms with Gasteiger partial charge >= 0.3 is 0 Å². The molecule has 0 spiro atoms. The molecule has 2 aromatic heterocycles. The lowest BCUT2D eigenvalue weighted by Gasteiger charge is -2.10. The second-order valence-electron chi connectivity index (χ2n) is 4.90. The summed E-state index contributed by atoms with van der Waals surface area (Å²) in [5, 5.41) is 8.90. The summed E-state index contributed by atoms with van der Waals surface area (Å²) < 4.78 is 10.7. The Morgan fingerprint density at radius 3 is 3.29 bits per heavy atom. The van der Waals surface area contributed by atoms with Crippen molar-refractivity contribution < 1.29 is 14.1 Å². The number of fused-ring (bicyclic) bond motifs is 3. The minimum absolute atomic E-state index is 0.157. The molecule has 5 nitrogen and oxygen atoms in total. The van der Waals surface area contributed by atoms with E-state index < -0.39 is 0 Å². The monoisotopic (exact) mass is 306 g/mol. The van der Waals surface area contributed by atoms with E-state index in [1.54, 1.807) is 11.3 Å². The number of rotatable bonds is 6. The van der Waals surface area contributed by atoms with Crippen molar-refractivity contribution in [2.24, 2.45) is 0 Å². The fraction of sp³-hybridized carbons (Fsp3) is 0.467. The van der Waals surface area contributed by atoms with E-state index in [9.17, 15) is 4.79 Å². The predicted molar refractivity (Wildman–Crippen MR) is 80.7 cm³/mol. The van der Waals surface area contributed by atoms with Crippen LogP contribution in [0.25, 0.3) is 11.3 Å². The average Bonchev–Trinajstić information content (AvgIpc) is 3.12. The van der Waals surface area contributed by atoms with Gasteiger partial charge in [0.05, 0.1) is 0 Å². The van der Waals surface area contributed by atoms with Crippen LogP contribution in [-0.4, -0.2) is 30.8 Å². The van der Waals surface area contributed by atoms with Gasteiger partial charge in [0.1, 0.15) is 0 Å². The minimum atomic E-state index is -0.157. The number of nitrogens with one attached hydrogen (secondary N) is 1. The van der Waals surface area contributed by atoms with Crippen LogP contribution in [0.2, 0.25) is 0 Å². The number of hydrogen-bond acceptors (Lipinski definition) is 5. The first-order valence-electron chi connectivity index (χ1n) is 7.22. The van der Waals surface area contributed by atoms with Crippen molar-refractivity contribution in [2.75, 3.05) is 19.8 Å². The quantitative estimate of drug-likeness (QED) is 0.833. The zero-order valence-corrected chi connectivity index (χ0v) is 12.8. The molecule has 0 bridgehead atoms. The first-order chi connectivity index (χ1) is 10.3. The van der Waals surface area contributed by atoms with Gasteiger partial charge in [-0.2, -0.15) is 0 Å². The Morgan fingerprint density at radius 2 is 2.43 bits per heavy atom. The molecule has 1 aliphatic rings. The van der Waals surface area contributed by atoms with E-state index in [1.165, 1.54) is 4.88 Å². The number of aromatic nitrogens is 1. The first kappa shape index (κ1) is 14.3. The molecule has 0 aliphatic heterocycles. The molecule has 0 saturated carbocycles. The van der Waals surface area contributed by atoms with Crippen molar-refractivity contribution in [1.29, 1.82) is 0 Å². The van der Waals surface area contributed by atoms with Crippen LogP contribution in [0.1, 0.15) is 34.3 Å². The maximum Gasteiger partial charge on any atom is 0.273 e. The normalized spacial score (nSPS) is 12.8. The van der Waals surface area contributed by atoms with Crippen molar-refractivity contribution in [2.45, 2.75) is 26.2 Å². The molecule has 0 unspecified atom stereocenters. The molecule has 0 aromatic carbocycles. The van der Waals surface area contributed by atoms with Crippen molar-refractivity contribution in [3.8, 4) is 11.3 Å². The van der Waals surface area contributed by atoms with Gasteiger partial charge in [-0.1, -0.05) is 5.16 Å². The number of carbonyl (C=O) groups excluding carboxylic acids is 1. The van der Waals surface area contributed by atoms with Crippen LogP contribution < -0.4 is 5.32 Å². The molecule has 2 aromatic rings. The minimum Gasteiger partial charge on any atom is -0.382 e. The molecule has 0 atom stereocenters. The Morgan fingerprint density at radius 1 is 1.52 bits per heavy atom. The van der Waals surface area contributed by atoms with Gasteiger partial charge in [0.15, 0.2) is 11.5 Å². The molecular weight excluding hydrogens is 288 g/mol. The summed E-state index contributed by atoms with van der Waals surface area (Å²) in [6, 6.07) is 2.03. The van der Waals surface area contributed by atoms with E-state index in [2.05, 4.69) is 15.9 Å². The molecule has 21 heavy (non-hydrogen) atoms. The van der Waals surface area contributed by atoms with Crippen molar-refractivity contribution in [3.63, 3.8) is 0 Å². The lowest BCUT2D eigenvalue weighted by molar-refractivity contribution is 0.0934. The van der Waals surface area contributed by atoms with Crippen molar-refractivity contribution in [3.05, 3.63) is 27.6 Å². The van der Waals surface area contributed by atoms with E-state index in [1.807, 2.05) is 13.0 Å². The smallest absolute Gasteiger partial charge is 0.273 e. The molecule has 2 heterocycles. The van der Waals surface area contributed by atoms with E-state index in [4.69, 9.17) is 9.26 Å². The maximum atomic E-state index is 12.2. The molecule has 0 saturated heterocycles. The fourth-order valence-electron chi connectivity index (χ4n) is 2.51. The molecule has 1 amide bonds. The molecule has 112 valence electrons. The third-order valence-corrected chi connectivity index (χ3v) is 4.53. The van der Waals surface area contributed by atoms with E-state index >= 15 is 0 Å². The molecule has 0 fully saturated rings. The lowest BCUT2D eigenvalue weighted by atomic mass is 9.95. The van der Waals surface area contributed by atoms with Crippen molar-refractivity contribution >= 4 is 17.2 Å². The summed E-state index contributed by atoms with van der Waals surface area (Å²) in [6.07, 6.45) is 2.56. The highest BCUT2D eigenvalue weighted by molar-refractivity contribution is 7.10. The van der Waals surface area contributed by atoms with Crippen LogP contribution in [0.5, 0.6) is 0 Å². The topological polar surface area (TPSA) is 64.4 Å². The maximum absolute atomic E-state index is 12.2. The second-order valence-corrected chi connectivity index (χ2v) is 5.90. The van der Waals surface area contributed by atoms with Gasteiger partial charge in [0.2, 0.25) is 0 Å².